The van der Waals surface area contributed by atoms with Gasteiger partial charge in [-0.2, -0.15) is 0 Å². The van der Waals surface area contributed by atoms with E-state index in [1.54, 1.807) is 0 Å². The fourth-order valence-corrected chi connectivity index (χ4v) is 1.39. The third-order valence-electron chi connectivity index (χ3n) is 2.70. The number of hydrogen-bond donors (Lipinski definition) is 2. The van der Waals surface area contributed by atoms with Gasteiger partial charge in [0.05, 0.1) is 0 Å². The van der Waals surface area contributed by atoms with Gasteiger partial charge in [0.15, 0.2) is 0 Å². The van der Waals surface area contributed by atoms with Crippen LogP contribution in [0.2, 0.25) is 0 Å². The van der Waals surface area contributed by atoms with E-state index in [0.717, 1.165) is 18.9 Å². The van der Waals surface area contributed by atoms with Crippen molar-refractivity contribution in [1.29, 1.82) is 0 Å². The van der Waals surface area contributed by atoms with Crippen LogP contribution in [0, 0.1) is 5.92 Å². The second-order valence-electron chi connectivity index (χ2n) is 3.92. The maximum absolute atomic E-state index is 10.3. The molecule has 0 aromatic carbocycles. The number of carboxylic acid groups (broad SMARTS) is 1. The zero-order chi connectivity index (χ0) is 11.0. The van der Waals surface area contributed by atoms with Crippen molar-refractivity contribution >= 4 is 5.97 Å². The average molecular weight is 201 g/mol. The Kier molecular flexibility index (Phi) is 7.48. The molecular weight excluding hydrogens is 178 g/mol. The van der Waals surface area contributed by atoms with Gasteiger partial charge in [0.1, 0.15) is 0 Å². The van der Waals surface area contributed by atoms with Gasteiger partial charge < -0.3 is 10.4 Å². The molecule has 0 bridgehead atoms. The fraction of sp³-hybridized carbons (Fsp3) is 0.909. The lowest BCUT2D eigenvalue weighted by molar-refractivity contribution is -0.137. The highest BCUT2D eigenvalue weighted by Gasteiger charge is 2.07. The maximum Gasteiger partial charge on any atom is 0.303 e. The quantitative estimate of drug-likeness (QED) is 0.633. The molecule has 0 heterocycles. The van der Waals surface area contributed by atoms with Crippen LogP contribution in [0.4, 0.5) is 0 Å². The zero-order valence-corrected chi connectivity index (χ0v) is 9.55. The van der Waals surface area contributed by atoms with E-state index in [1.807, 2.05) is 6.92 Å². The summed E-state index contributed by atoms with van der Waals surface area (Å²) in [5.41, 5.74) is 0. The number of nitrogens with one attached hydrogen (secondary N) is 1. The predicted octanol–water partition coefficient (Wildman–Crippen LogP) is 2.27. The number of carbonyl (C=O) groups is 1. The van der Waals surface area contributed by atoms with Gasteiger partial charge >= 0.3 is 5.97 Å². The van der Waals surface area contributed by atoms with Crippen molar-refractivity contribution in [2.75, 3.05) is 6.54 Å². The van der Waals surface area contributed by atoms with Gasteiger partial charge in [-0.05, 0) is 25.8 Å². The van der Waals surface area contributed by atoms with Gasteiger partial charge in [-0.3, -0.25) is 4.79 Å². The van der Waals surface area contributed by atoms with E-state index in [9.17, 15) is 4.79 Å². The molecule has 0 aliphatic heterocycles. The van der Waals surface area contributed by atoms with E-state index in [-0.39, 0.29) is 6.42 Å². The summed E-state index contributed by atoms with van der Waals surface area (Å²) in [7, 11) is 0. The highest BCUT2D eigenvalue weighted by molar-refractivity contribution is 5.66. The minimum Gasteiger partial charge on any atom is -0.481 e. The normalized spacial score (nSPS) is 13.1. The topological polar surface area (TPSA) is 49.3 Å². The molecule has 2 N–H and O–H groups in total. The number of aliphatic carboxylic acids is 1. The van der Waals surface area contributed by atoms with Crippen molar-refractivity contribution in [1.82, 2.24) is 5.32 Å². The Morgan fingerprint density at radius 3 is 2.36 bits per heavy atom. The van der Waals surface area contributed by atoms with Gasteiger partial charge in [-0.15, -0.1) is 0 Å². The first-order chi connectivity index (χ1) is 6.60. The molecule has 14 heavy (non-hydrogen) atoms. The van der Waals surface area contributed by atoms with Gasteiger partial charge in [-0.1, -0.05) is 26.7 Å². The zero-order valence-electron chi connectivity index (χ0n) is 9.55. The van der Waals surface area contributed by atoms with Crippen LogP contribution in [0.5, 0.6) is 0 Å². The standard InChI is InChI=1S/C11H23NO2/c1-4-10(5-2)8-12-9(3)6-7-11(13)14/h9-10,12H,4-8H2,1-3H3,(H,13,14). The monoisotopic (exact) mass is 201 g/mol. The van der Waals surface area contributed by atoms with Gasteiger partial charge in [0, 0.05) is 12.5 Å². The highest BCUT2D eigenvalue weighted by atomic mass is 16.4. The molecule has 1 atom stereocenters. The molecule has 0 aromatic heterocycles. The molecule has 0 aliphatic rings. The Labute approximate surface area is 86.9 Å². The Bertz CT molecular complexity index is 155. The van der Waals surface area contributed by atoms with Gasteiger partial charge in [0.25, 0.3) is 0 Å². The minimum atomic E-state index is -0.707. The third-order valence-corrected chi connectivity index (χ3v) is 2.70. The first-order valence-corrected chi connectivity index (χ1v) is 5.55. The summed E-state index contributed by atoms with van der Waals surface area (Å²) in [5, 5.41) is 11.9. The van der Waals surface area contributed by atoms with Crippen LogP contribution in [0.25, 0.3) is 0 Å². The Hall–Kier alpha value is -0.570. The number of rotatable bonds is 8. The Balaban J connectivity index is 3.51. The third kappa shape index (κ3) is 6.89. The van der Waals surface area contributed by atoms with E-state index >= 15 is 0 Å². The predicted molar refractivity (Wildman–Crippen MR) is 58.4 cm³/mol. The average Bonchev–Trinajstić information content (AvgIpc) is 2.16. The summed E-state index contributed by atoms with van der Waals surface area (Å²) >= 11 is 0. The summed E-state index contributed by atoms with van der Waals surface area (Å²) in [4.78, 5) is 10.3. The number of carboxylic acids is 1. The lowest BCUT2D eigenvalue weighted by Crippen LogP contribution is -2.31. The molecule has 0 rings (SSSR count). The molecule has 0 fully saturated rings. The summed E-state index contributed by atoms with van der Waals surface area (Å²) in [6.45, 7) is 7.44. The molecule has 0 saturated heterocycles. The summed E-state index contributed by atoms with van der Waals surface area (Å²) in [5.74, 6) is 0.0171. The Morgan fingerprint density at radius 2 is 1.93 bits per heavy atom. The molecule has 0 amide bonds. The van der Waals surface area contributed by atoms with E-state index < -0.39 is 5.97 Å². The van der Waals surface area contributed by atoms with Crippen molar-refractivity contribution in [3.05, 3.63) is 0 Å². The molecule has 3 nitrogen and oxygen atoms in total. The second-order valence-corrected chi connectivity index (χ2v) is 3.92. The fourth-order valence-electron chi connectivity index (χ4n) is 1.39. The summed E-state index contributed by atoms with van der Waals surface area (Å²) in [6.07, 6.45) is 3.36. The van der Waals surface area contributed by atoms with E-state index in [1.165, 1.54) is 12.8 Å². The lowest BCUT2D eigenvalue weighted by atomic mass is 10.0. The van der Waals surface area contributed by atoms with Crippen LogP contribution in [0.15, 0.2) is 0 Å². The van der Waals surface area contributed by atoms with Crippen molar-refractivity contribution < 1.29 is 9.90 Å². The van der Waals surface area contributed by atoms with E-state index in [4.69, 9.17) is 5.11 Å². The van der Waals surface area contributed by atoms with Crippen LogP contribution in [0.3, 0.4) is 0 Å². The van der Waals surface area contributed by atoms with Crippen molar-refractivity contribution in [3.8, 4) is 0 Å². The van der Waals surface area contributed by atoms with Crippen LogP contribution >= 0.6 is 0 Å². The van der Waals surface area contributed by atoms with Crippen molar-refractivity contribution in [2.45, 2.75) is 52.5 Å². The summed E-state index contributed by atoms with van der Waals surface area (Å²) in [6, 6.07) is 0.312. The molecule has 0 spiro atoms. The van der Waals surface area contributed by atoms with Crippen LogP contribution in [-0.4, -0.2) is 23.7 Å². The van der Waals surface area contributed by atoms with Crippen molar-refractivity contribution in [2.24, 2.45) is 5.92 Å². The molecular formula is C11H23NO2. The largest absolute Gasteiger partial charge is 0.481 e. The Morgan fingerprint density at radius 1 is 1.36 bits per heavy atom. The first kappa shape index (κ1) is 13.4. The molecule has 0 aromatic rings. The van der Waals surface area contributed by atoms with Crippen LogP contribution in [0.1, 0.15) is 46.5 Å². The van der Waals surface area contributed by atoms with E-state index in [0.29, 0.717) is 6.04 Å². The van der Waals surface area contributed by atoms with E-state index in [2.05, 4.69) is 19.2 Å². The van der Waals surface area contributed by atoms with Crippen LogP contribution in [-0.2, 0) is 4.79 Å². The molecule has 0 saturated carbocycles. The molecule has 84 valence electrons. The number of hydrogen-bond acceptors (Lipinski definition) is 2. The van der Waals surface area contributed by atoms with Crippen molar-refractivity contribution in [3.63, 3.8) is 0 Å². The molecule has 1 unspecified atom stereocenters. The lowest BCUT2D eigenvalue weighted by Gasteiger charge is -2.17. The highest BCUT2D eigenvalue weighted by Crippen LogP contribution is 2.06. The second kappa shape index (κ2) is 7.80. The maximum atomic E-state index is 10.3. The molecule has 3 heteroatoms. The van der Waals surface area contributed by atoms with Crippen LogP contribution < -0.4 is 5.32 Å². The SMILES string of the molecule is CCC(CC)CNC(C)CCC(=O)O. The smallest absolute Gasteiger partial charge is 0.303 e. The minimum absolute atomic E-state index is 0.261. The summed E-state index contributed by atoms with van der Waals surface area (Å²) < 4.78 is 0. The molecule has 0 radical (unpaired) electrons. The molecule has 0 aliphatic carbocycles. The van der Waals surface area contributed by atoms with Gasteiger partial charge in [-0.25, -0.2) is 0 Å². The first-order valence-electron chi connectivity index (χ1n) is 5.55. The van der Waals surface area contributed by atoms with Gasteiger partial charge in [0.2, 0.25) is 0 Å².